The van der Waals surface area contributed by atoms with E-state index >= 15 is 0 Å². The Morgan fingerprint density at radius 2 is 2.07 bits per heavy atom. The van der Waals surface area contributed by atoms with Gasteiger partial charge >= 0.3 is 0 Å². The second-order valence-electron chi connectivity index (χ2n) is 7.52. The highest BCUT2D eigenvalue weighted by Gasteiger charge is 2.24. The normalized spacial score (nSPS) is 17.9. The van der Waals surface area contributed by atoms with E-state index in [1.807, 2.05) is 37.9 Å². The zero-order chi connectivity index (χ0) is 19.4. The molecule has 0 N–H and O–H groups in total. The van der Waals surface area contributed by atoms with E-state index in [0.29, 0.717) is 5.92 Å². The summed E-state index contributed by atoms with van der Waals surface area (Å²) >= 11 is 1.48. The maximum Gasteiger partial charge on any atom is 0.265 e. The Morgan fingerprint density at radius 3 is 2.74 bits per heavy atom. The monoisotopic (exact) mass is 389 g/mol. The van der Waals surface area contributed by atoms with Gasteiger partial charge < -0.3 is 9.80 Å². The maximum atomic E-state index is 13.0. The van der Waals surface area contributed by atoms with Crippen molar-refractivity contribution in [3.8, 4) is 0 Å². The van der Waals surface area contributed by atoms with Gasteiger partial charge in [0, 0.05) is 26.7 Å². The number of rotatable bonds is 6. The summed E-state index contributed by atoms with van der Waals surface area (Å²) in [5.74, 6) is 0.396. The first-order valence-corrected chi connectivity index (χ1v) is 10.4. The Morgan fingerprint density at radius 1 is 1.33 bits per heavy atom. The summed E-state index contributed by atoms with van der Waals surface area (Å²) in [6.07, 6.45) is 3.25. The molecule has 27 heavy (non-hydrogen) atoms. The van der Waals surface area contributed by atoms with Crippen molar-refractivity contribution in [2.75, 3.05) is 33.2 Å². The first-order valence-electron chi connectivity index (χ1n) is 9.58. The molecular formula is C21H28FN3OS. The van der Waals surface area contributed by atoms with Crippen LogP contribution in [-0.4, -0.2) is 53.9 Å². The average molecular weight is 390 g/mol. The summed E-state index contributed by atoms with van der Waals surface area (Å²) in [5, 5.41) is 0.939. The van der Waals surface area contributed by atoms with Crippen LogP contribution in [0.5, 0.6) is 0 Å². The molecule has 1 atom stereocenters. The Labute approximate surface area is 165 Å². The van der Waals surface area contributed by atoms with Crippen molar-refractivity contribution in [2.24, 2.45) is 5.92 Å². The summed E-state index contributed by atoms with van der Waals surface area (Å²) in [7, 11) is 1.90. The van der Waals surface area contributed by atoms with Crippen LogP contribution < -0.4 is 0 Å². The molecule has 1 aromatic carbocycles. The molecule has 146 valence electrons. The first-order chi connectivity index (χ1) is 12.9. The molecule has 1 amide bonds. The zero-order valence-electron chi connectivity index (χ0n) is 16.4. The molecule has 0 bridgehead atoms. The van der Waals surface area contributed by atoms with Crippen molar-refractivity contribution in [1.82, 2.24) is 14.8 Å². The van der Waals surface area contributed by atoms with Crippen molar-refractivity contribution in [3.05, 3.63) is 51.2 Å². The minimum absolute atomic E-state index is 0.0848. The Balaban J connectivity index is 1.50. The summed E-state index contributed by atoms with van der Waals surface area (Å²) in [4.78, 5) is 22.2. The minimum atomic E-state index is -0.184. The van der Waals surface area contributed by atoms with Gasteiger partial charge in [-0.05, 0) is 63.3 Å². The Hall–Kier alpha value is -1.79. The van der Waals surface area contributed by atoms with Gasteiger partial charge in [0.05, 0.1) is 10.7 Å². The average Bonchev–Trinajstić information content (AvgIpc) is 2.99. The van der Waals surface area contributed by atoms with Crippen molar-refractivity contribution in [3.63, 3.8) is 0 Å². The lowest BCUT2D eigenvalue weighted by Gasteiger charge is -2.34. The van der Waals surface area contributed by atoms with Gasteiger partial charge in [-0.1, -0.05) is 12.1 Å². The van der Waals surface area contributed by atoms with E-state index in [1.165, 1.54) is 29.0 Å². The number of hydrogen-bond donors (Lipinski definition) is 0. The van der Waals surface area contributed by atoms with E-state index in [-0.39, 0.29) is 11.7 Å². The predicted octanol–water partition coefficient (Wildman–Crippen LogP) is 3.93. The number of halogens is 1. The van der Waals surface area contributed by atoms with Crippen LogP contribution in [0.25, 0.3) is 0 Å². The number of piperidine rings is 1. The van der Waals surface area contributed by atoms with Gasteiger partial charge in [-0.3, -0.25) is 4.79 Å². The molecule has 1 saturated heterocycles. The van der Waals surface area contributed by atoms with Crippen LogP contribution in [0.2, 0.25) is 0 Å². The highest BCUT2D eigenvalue weighted by molar-refractivity contribution is 7.13. The number of thiazole rings is 1. The quantitative estimate of drug-likeness (QED) is 0.751. The third-order valence-corrected chi connectivity index (χ3v) is 6.27. The lowest BCUT2D eigenvalue weighted by molar-refractivity contribution is 0.0734. The van der Waals surface area contributed by atoms with Crippen molar-refractivity contribution in [1.29, 1.82) is 0 Å². The molecule has 0 aliphatic carbocycles. The highest BCUT2D eigenvalue weighted by atomic mass is 32.1. The van der Waals surface area contributed by atoms with Crippen LogP contribution in [-0.2, 0) is 6.42 Å². The van der Waals surface area contributed by atoms with Gasteiger partial charge in [-0.25, -0.2) is 9.37 Å². The number of likely N-dealkylation sites (tertiary alicyclic amines) is 1. The van der Waals surface area contributed by atoms with Gasteiger partial charge in [-0.15, -0.1) is 11.3 Å². The minimum Gasteiger partial charge on any atom is -0.341 e. The van der Waals surface area contributed by atoms with Gasteiger partial charge in [0.15, 0.2) is 0 Å². The molecule has 1 fully saturated rings. The standard InChI is InChI=1S/C21H28FN3OS/c1-15-20(27-16(2)23-15)21(26)24(3)13-18-5-4-11-25(14-18)12-10-17-6-8-19(22)9-7-17/h6-9,18H,4-5,10-14H2,1-3H3. The molecular weight excluding hydrogens is 361 g/mol. The lowest BCUT2D eigenvalue weighted by atomic mass is 9.97. The molecule has 1 unspecified atom stereocenters. The van der Waals surface area contributed by atoms with Gasteiger partial charge in [-0.2, -0.15) is 0 Å². The summed E-state index contributed by atoms with van der Waals surface area (Å²) < 4.78 is 13.0. The Bertz CT molecular complexity index is 774. The number of carbonyl (C=O) groups is 1. The second-order valence-corrected chi connectivity index (χ2v) is 8.72. The topological polar surface area (TPSA) is 36.4 Å². The first kappa shape index (κ1) is 20.0. The van der Waals surface area contributed by atoms with E-state index in [4.69, 9.17) is 0 Å². The number of aryl methyl sites for hydroxylation is 2. The van der Waals surface area contributed by atoms with E-state index in [0.717, 1.165) is 61.0 Å². The molecule has 3 rings (SSSR count). The molecule has 6 heteroatoms. The number of carbonyl (C=O) groups excluding carboxylic acids is 1. The van der Waals surface area contributed by atoms with Crippen LogP contribution in [0.4, 0.5) is 4.39 Å². The van der Waals surface area contributed by atoms with Crippen LogP contribution in [0.15, 0.2) is 24.3 Å². The SMILES string of the molecule is Cc1nc(C)c(C(=O)N(C)CC2CCCN(CCc3ccc(F)cc3)C2)s1. The van der Waals surface area contributed by atoms with E-state index in [1.54, 1.807) is 0 Å². The number of amides is 1. The molecule has 2 heterocycles. The van der Waals surface area contributed by atoms with E-state index in [9.17, 15) is 9.18 Å². The van der Waals surface area contributed by atoms with Gasteiger partial charge in [0.1, 0.15) is 10.7 Å². The zero-order valence-corrected chi connectivity index (χ0v) is 17.2. The molecule has 4 nitrogen and oxygen atoms in total. The number of nitrogens with zero attached hydrogens (tertiary/aromatic N) is 3. The fourth-order valence-electron chi connectivity index (χ4n) is 3.81. The molecule has 1 aromatic heterocycles. The van der Waals surface area contributed by atoms with E-state index in [2.05, 4.69) is 9.88 Å². The maximum absolute atomic E-state index is 13.0. The highest BCUT2D eigenvalue weighted by Crippen LogP contribution is 2.22. The second kappa shape index (κ2) is 8.93. The third-order valence-electron chi connectivity index (χ3n) is 5.21. The Kier molecular flexibility index (Phi) is 6.60. The third kappa shape index (κ3) is 5.36. The van der Waals surface area contributed by atoms with E-state index < -0.39 is 0 Å². The number of benzene rings is 1. The largest absolute Gasteiger partial charge is 0.341 e. The molecule has 2 aromatic rings. The fourth-order valence-corrected chi connectivity index (χ4v) is 4.73. The van der Waals surface area contributed by atoms with Crippen LogP contribution in [0, 0.1) is 25.6 Å². The van der Waals surface area contributed by atoms with Crippen LogP contribution in [0.3, 0.4) is 0 Å². The summed E-state index contributed by atoms with van der Waals surface area (Å²) in [5.41, 5.74) is 2.00. The smallest absolute Gasteiger partial charge is 0.265 e. The number of hydrogen-bond acceptors (Lipinski definition) is 4. The molecule has 1 aliphatic heterocycles. The molecule has 1 aliphatic rings. The van der Waals surface area contributed by atoms with Gasteiger partial charge in [0.25, 0.3) is 5.91 Å². The molecule has 0 saturated carbocycles. The lowest BCUT2D eigenvalue weighted by Crippen LogP contribution is -2.42. The van der Waals surface area contributed by atoms with Gasteiger partial charge in [0.2, 0.25) is 0 Å². The molecule has 0 radical (unpaired) electrons. The van der Waals surface area contributed by atoms with Crippen molar-refractivity contribution >= 4 is 17.2 Å². The van der Waals surface area contributed by atoms with Crippen molar-refractivity contribution < 1.29 is 9.18 Å². The predicted molar refractivity (Wildman–Crippen MR) is 108 cm³/mol. The number of aromatic nitrogens is 1. The van der Waals surface area contributed by atoms with Crippen LogP contribution >= 0.6 is 11.3 Å². The van der Waals surface area contributed by atoms with Crippen molar-refractivity contribution in [2.45, 2.75) is 33.1 Å². The summed E-state index contributed by atoms with van der Waals surface area (Å²) in [6, 6.07) is 6.78. The summed E-state index contributed by atoms with van der Waals surface area (Å²) in [6.45, 7) is 7.72. The molecule has 0 spiro atoms. The fraction of sp³-hybridized carbons (Fsp3) is 0.524. The van der Waals surface area contributed by atoms with Crippen LogP contribution in [0.1, 0.15) is 38.8 Å².